The lowest BCUT2D eigenvalue weighted by atomic mass is 10.1. The van der Waals surface area contributed by atoms with Crippen molar-refractivity contribution >= 4 is 16.9 Å². The second-order valence-corrected chi connectivity index (χ2v) is 7.34. The molecule has 0 aliphatic carbocycles. The van der Waals surface area contributed by atoms with Crippen molar-refractivity contribution in [1.82, 2.24) is 25.2 Å². The number of piperazine rings is 1. The molecule has 1 N–H and O–H groups in total. The zero-order valence-electron chi connectivity index (χ0n) is 16.5. The van der Waals surface area contributed by atoms with Crippen LogP contribution in [0, 0.1) is 0 Å². The first kappa shape index (κ1) is 18.8. The van der Waals surface area contributed by atoms with Crippen LogP contribution in [0.2, 0.25) is 0 Å². The average Bonchev–Trinajstić information content (AvgIpc) is 2.77. The standard InChI is InChI=1S/C22H28N6/c1-18(20-9-8-19-6-2-3-7-21(19)26-20)23-12-5-13-27-14-16-28(17-15-27)22-24-10-4-11-25-22/h2-4,6-11,18,23H,5,12-17H2,1H3. The third-order valence-electron chi connectivity index (χ3n) is 5.37. The maximum atomic E-state index is 4.79. The molecule has 1 fully saturated rings. The minimum Gasteiger partial charge on any atom is -0.338 e. The van der Waals surface area contributed by atoms with E-state index in [1.165, 1.54) is 5.39 Å². The molecule has 0 radical (unpaired) electrons. The zero-order valence-corrected chi connectivity index (χ0v) is 16.5. The molecule has 3 heterocycles. The number of pyridine rings is 1. The van der Waals surface area contributed by atoms with Crippen molar-refractivity contribution in [3.05, 3.63) is 60.6 Å². The van der Waals surface area contributed by atoms with Crippen LogP contribution in [0.15, 0.2) is 54.9 Å². The lowest BCUT2D eigenvalue weighted by molar-refractivity contribution is 0.251. The van der Waals surface area contributed by atoms with E-state index in [1.807, 2.05) is 24.5 Å². The first-order valence-electron chi connectivity index (χ1n) is 10.1. The van der Waals surface area contributed by atoms with Gasteiger partial charge in [0.05, 0.1) is 11.2 Å². The first-order valence-corrected chi connectivity index (χ1v) is 10.1. The number of benzene rings is 1. The van der Waals surface area contributed by atoms with Crippen molar-refractivity contribution < 1.29 is 0 Å². The van der Waals surface area contributed by atoms with Gasteiger partial charge in [-0.15, -0.1) is 0 Å². The van der Waals surface area contributed by atoms with E-state index in [2.05, 4.69) is 62.3 Å². The fourth-order valence-electron chi connectivity index (χ4n) is 3.67. The summed E-state index contributed by atoms with van der Waals surface area (Å²) in [6.45, 7) is 8.44. The van der Waals surface area contributed by atoms with Gasteiger partial charge in [0.2, 0.25) is 5.95 Å². The number of anilines is 1. The SMILES string of the molecule is CC(NCCCN1CCN(c2ncccn2)CC1)c1ccc2ccccc2n1. The Balaban J connectivity index is 1.18. The summed E-state index contributed by atoms with van der Waals surface area (Å²) in [4.78, 5) is 18.3. The molecule has 0 spiro atoms. The maximum absolute atomic E-state index is 4.79. The van der Waals surface area contributed by atoms with Gasteiger partial charge in [0.15, 0.2) is 0 Å². The van der Waals surface area contributed by atoms with Gasteiger partial charge in [-0.25, -0.2) is 9.97 Å². The molecule has 4 rings (SSSR count). The molecule has 28 heavy (non-hydrogen) atoms. The van der Waals surface area contributed by atoms with Crippen LogP contribution >= 0.6 is 0 Å². The van der Waals surface area contributed by atoms with Crippen molar-refractivity contribution in [3.63, 3.8) is 0 Å². The van der Waals surface area contributed by atoms with Crippen molar-refractivity contribution in [1.29, 1.82) is 0 Å². The summed E-state index contributed by atoms with van der Waals surface area (Å²) in [5.74, 6) is 0.848. The van der Waals surface area contributed by atoms with Crippen LogP contribution in [-0.4, -0.2) is 59.1 Å². The summed E-state index contributed by atoms with van der Waals surface area (Å²) in [5, 5.41) is 4.81. The average molecular weight is 377 g/mol. The second-order valence-electron chi connectivity index (χ2n) is 7.34. The Morgan fingerprint density at radius 3 is 2.57 bits per heavy atom. The quantitative estimate of drug-likeness (QED) is 0.640. The third kappa shape index (κ3) is 4.64. The van der Waals surface area contributed by atoms with Crippen molar-refractivity contribution in [2.75, 3.05) is 44.2 Å². The lowest BCUT2D eigenvalue weighted by Crippen LogP contribution is -2.47. The number of hydrogen-bond acceptors (Lipinski definition) is 6. The smallest absolute Gasteiger partial charge is 0.225 e. The van der Waals surface area contributed by atoms with E-state index in [0.29, 0.717) is 0 Å². The van der Waals surface area contributed by atoms with E-state index in [9.17, 15) is 0 Å². The van der Waals surface area contributed by atoms with Gasteiger partial charge in [0.25, 0.3) is 0 Å². The fourth-order valence-corrected chi connectivity index (χ4v) is 3.67. The lowest BCUT2D eigenvalue weighted by Gasteiger charge is -2.34. The van der Waals surface area contributed by atoms with E-state index in [4.69, 9.17) is 4.98 Å². The Morgan fingerprint density at radius 1 is 0.964 bits per heavy atom. The Morgan fingerprint density at radius 2 is 1.75 bits per heavy atom. The molecule has 1 aliphatic rings. The maximum Gasteiger partial charge on any atom is 0.225 e. The Labute approximate surface area is 166 Å². The van der Waals surface area contributed by atoms with Crippen LogP contribution in [0.1, 0.15) is 25.1 Å². The van der Waals surface area contributed by atoms with Crippen molar-refractivity contribution in [2.24, 2.45) is 0 Å². The highest BCUT2D eigenvalue weighted by Crippen LogP contribution is 2.16. The van der Waals surface area contributed by atoms with Crippen molar-refractivity contribution in [3.8, 4) is 0 Å². The minimum atomic E-state index is 0.261. The molecule has 0 amide bonds. The van der Waals surface area contributed by atoms with E-state index in [0.717, 1.165) is 62.8 Å². The van der Waals surface area contributed by atoms with E-state index < -0.39 is 0 Å². The van der Waals surface area contributed by atoms with Crippen LogP contribution in [0.3, 0.4) is 0 Å². The number of nitrogens with zero attached hydrogens (tertiary/aromatic N) is 5. The Kier molecular flexibility index (Phi) is 6.09. The summed E-state index contributed by atoms with van der Waals surface area (Å²) in [5.41, 5.74) is 2.17. The number of aromatic nitrogens is 3. The molecule has 0 saturated carbocycles. The highest BCUT2D eigenvalue weighted by atomic mass is 15.3. The summed E-state index contributed by atoms with van der Waals surface area (Å²) >= 11 is 0. The number of para-hydroxylation sites is 1. The normalized spacial score (nSPS) is 16.4. The van der Waals surface area contributed by atoms with Gasteiger partial charge in [0.1, 0.15) is 0 Å². The van der Waals surface area contributed by atoms with Gasteiger partial charge >= 0.3 is 0 Å². The predicted molar refractivity (Wildman–Crippen MR) is 113 cm³/mol. The third-order valence-corrected chi connectivity index (χ3v) is 5.37. The molecule has 1 aliphatic heterocycles. The van der Waals surface area contributed by atoms with Crippen LogP contribution < -0.4 is 10.2 Å². The topological polar surface area (TPSA) is 57.2 Å². The summed E-state index contributed by atoms with van der Waals surface area (Å²) in [6.07, 6.45) is 4.76. The van der Waals surface area contributed by atoms with E-state index in [-0.39, 0.29) is 6.04 Å². The van der Waals surface area contributed by atoms with Crippen LogP contribution in [0.4, 0.5) is 5.95 Å². The first-order chi connectivity index (χ1) is 13.8. The predicted octanol–water partition coefficient (Wildman–Crippen LogP) is 2.89. The van der Waals surface area contributed by atoms with Crippen molar-refractivity contribution in [2.45, 2.75) is 19.4 Å². The van der Waals surface area contributed by atoms with Gasteiger partial charge in [0, 0.05) is 50.0 Å². The molecule has 0 bridgehead atoms. The Bertz CT molecular complexity index is 876. The molecule has 1 aromatic carbocycles. The molecular weight excluding hydrogens is 348 g/mol. The molecule has 3 aromatic rings. The van der Waals surface area contributed by atoms with Gasteiger partial charge in [-0.3, -0.25) is 9.88 Å². The molecule has 146 valence electrons. The highest BCUT2D eigenvalue weighted by molar-refractivity contribution is 5.78. The van der Waals surface area contributed by atoms with Crippen LogP contribution in [0.25, 0.3) is 10.9 Å². The number of rotatable bonds is 7. The molecule has 6 heteroatoms. The molecule has 2 aromatic heterocycles. The largest absolute Gasteiger partial charge is 0.338 e. The van der Waals surface area contributed by atoms with Crippen LogP contribution in [-0.2, 0) is 0 Å². The summed E-state index contributed by atoms with van der Waals surface area (Å²) < 4.78 is 0. The minimum absolute atomic E-state index is 0.261. The molecule has 1 unspecified atom stereocenters. The molecule has 6 nitrogen and oxygen atoms in total. The molecule has 1 atom stereocenters. The summed E-state index contributed by atoms with van der Waals surface area (Å²) in [6, 6.07) is 14.7. The zero-order chi connectivity index (χ0) is 19.2. The van der Waals surface area contributed by atoms with E-state index >= 15 is 0 Å². The van der Waals surface area contributed by atoms with E-state index in [1.54, 1.807) is 0 Å². The number of nitrogens with one attached hydrogen (secondary N) is 1. The second kappa shape index (κ2) is 9.08. The molecule has 1 saturated heterocycles. The number of fused-ring (bicyclic) bond motifs is 1. The van der Waals surface area contributed by atoms with Gasteiger partial charge in [-0.2, -0.15) is 0 Å². The number of hydrogen-bond donors (Lipinski definition) is 1. The molecular formula is C22H28N6. The fraction of sp³-hybridized carbons (Fsp3) is 0.409. The monoisotopic (exact) mass is 376 g/mol. The van der Waals surface area contributed by atoms with Crippen LogP contribution in [0.5, 0.6) is 0 Å². The Hall–Kier alpha value is -2.57. The highest BCUT2D eigenvalue weighted by Gasteiger charge is 2.18. The van der Waals surface area contributed by atoms with Gasteiger partial charge in [-0.1, -0.05) is 24.3 Å². The van der Waals surface area contributed by atoms with Gasteiger partial charge in [-0.05, 0) is 44.6 Å². The summed E-state index contributed by atoms with van der Waals surface area (Å²) in [7, 11) is 0. The van der Waals surface area contributed by atoms with Gasteiger partial charge < -0.3 is 10.2 Å².